The van der Waals surface area contributed by atoms with Gasteiger partial charge in [0.05, 0.1) is 5.52 Å². The number of benzene rings is 1. The van der Waals surface area contributed by atoms with Crippen LogP contribution < -0.4 is 0 Å². The number of furan rings is 1. The maximum atomic E-state index is 6.19. The topological polar surface area (TPSA) is 31.0 Å². The number of rotatable bonds is 1. The average Bonchev–Trinajstić information content (AvgIpc) is 3.13. The van der Waals surface area contributed by atoms with Crippen LogP contribution >= 0.6 is 0 Å². The van der Waals surface area contributed by atoms with Crippen LogP contribution in [-0.2, 0) is 12.8 Å². The van der Waals surface area contributed by atoms with Crippen LogP contribution in [0.3, 0.4) is 0 Å². The van der Waals surface area contributed by atoms with E-state index in [1.165, 1.54) is 29.2 Å². The van der Waals surface area contributed by atoms with Crippen molar-refractivity contribution in [1.82, 2.24) is 9.55 Å². The molecule has 1 aliphatic carbocycles. The van der Waals surface area contributed by atoms with Crippen molar-refractivity contribution in [1.29, 1.82) is 0 Å². The number of para-hydroxylation sites is 1. The van der Waals surface area contributed by atoms with Crippen molar-refractivity contribution < 1.29 is 4.42 Å². The largest absolute Gasteiger partial charge is 0.444 e. The highest BCUT2D eigenvalue weighted by molar-refractivity contribution is 6.07. The molecule has 0 atom stereocenters. The van der Waals surface area contributed by atoms with Crippen molar-refractivity contribution in [2.45, 2.75) is 25.7 Å². The molecular formula is C19H16N2O. The number of pyridine rings is 1. The van der Waals surface area contributed by atoms with Gasteiger partial charge in [0, 0.05) is 29.5 Å². The molecule has 0 aliphatic heterocycles. The summed E-state index contributed by atoms with van der Waals surface area (Å²) in [5.41, 5.74) is 3.49. The minimum atomic E-state index is 0.900. The van der Waals surface area contributed by atoms with Crippen LogP contribution in [0.1, 0.15) is 24.2 Å². The second kappa shape index (κ2) is 4.47. The molecular weight excluding hydrogens is 272 g/mol. The molecule has 1 aliphatic rings. The zero-order valence-electron chi connectivity index (χ0n) is 12.2. The van der Waals surface area contributed by atoms with E-state index in [1.807, 2.05) is 12.3 Å². The first-order valence-electron chi connectivity index (χ1n) is 7.88. The molecule has 108 valence electrons. The first-order valence-corrected chi connectivity index (χ1v) is 7.88. The van der Waals surface area contributed by atoms with E-state index in [0.717, 1.165) is 35.6 Å². The number of aryl methyl sites for hydroxylation is 2. The Morgan fingerprint density at radius 1 is 0.955 bits per heavy atom. The van der Waals surface area contributed by atoms with Crippen molar-refractivity contribution in [3.8, 4) is 5.88 Å². The Bertz CT molecular complexity index is 916. The van der Waals surface area contributed by atoms with Gasteiger partial charge in [0.2, 0.25) is 5.88 Å². The van der Waals surface area contributed by atoms with Crippen molar-refractivity contribution in [2.75, 3.05) is 0 Å². The Balaban J connectivity index is 1.87. The van der Waals surface area contributed by atoms with E-state index in [9.17, 15) is 0 Å². The molecule has 0 N–H and O–H groups in total. The highest BCUT2D eigenvalue weighted by Crippen LogP contribution is 2.33. The molecule has 4 aromatic rings. The number of aromatic nitrogens is 2. The van der Waals surface area contributed by atoms with Crippen molar-refractivity contribution in [3.05, 3.63) is 60.0 Å². The van der Waals surface area contributed by atoms with E-state index in [0.29, 0.717) is 0 Å². The Morgan fingerprint density at radius 3 is 2.77 bits per heavy atom. The van der Waals surface area contributed by atoms with Gasteiger partial charge >= 0.3 is 0 Å². The Morgan fingerprint density at radius 2 is 1.82 bits per heavy atom. The fourth-order valence-electron chi connectivity index (χ4n) is 3.60. The standard InChI is InChI=1S/C19H16N2O/c1-4-10-17-13(6-1)12-18(22-17)21-16-9-3-2-7-14(16)15-8-5-11-20-19(15)21/h2-3,5,7-9,11-12H,1,4,6,10H2. The van der Waals surface area contributed by atoms with E-state index in [2.05, 4.69) is 45.9 Å². The quantitative estimate of drug-likeness (QED) is 0.510. The number of nitrogens with zero attached hydrogens (tertiary/aromatic N) is 2. The third kappa shape index (κ3) is 1.59. The zero-order chi connectivity index (χ0) is 14.5. The lowest BCUT2D eigenvalue weighted by molar-refractivity contribution is 0.467. The maximum Gasteiger partial charge on any atom is 0.206 e. The lowest BCUT2D eigenvalue weighted by Crippen LogP contribution is -1.97. The lowest BCUT2D eigenvalue weighted by atomic mass is 9.99. The number of fused-ring (bicyclic) bond motifs is 4. The van der Waals surface area contributed by atoms with Crippen LogP contribution in [0, 0.1) is 0 Å². The van der Waals surface area contributed by atoms with Crippen molar-refractivity contribution in [2.24, 2.45) is 0 Å². The first-order chi connectivity index (χ1) is 10.9. The summed E-state index contributed by atoms with van der Waals surface area (Å²) in [4.78, 5) is 4.60. The highest BCUT2D eigenvalue weighted by Gasteiger charge is 2.19. The van der Waals surface area contributed by atoms with Crippen LogP contribution in [0.25, 0.3) is 27.8 Å². The minimum Gasteiger partial charge on any atom is -0.444 e. The second-order valence-electron chi connectivity index (χ2n) is 5.97. The highest BCUT2D eigenvalue weighted by atomic mass is 16.4. The van der Waals surface area contributed by atoms with E-state index in [-0.39, 0.29) is 0 Å². The van der Waals surface area contributed by atoms with Crippen LogP contribution in [0.4, 0.5) is 0 Å². The average molecular weight is 288 g/mol. The summed E-state index contributed by atoms with van der Waals surface area (Å²) in [5, 5.41) is 2.40. The third-order valence-electron chi connectivity index (χ3n) is 4.64. The molecule has 0 saturated carbocycles. The summed E-state index contributed by atoms with van der Waals surface area (Å²) in [6.07, 6.45) is 6.52. The van der Waals surface area contributed by atoms with Crippen LogP contribution in [0.5, 0.6) is 0 Å². The van der Waals surface area contributed by atoms with E-state index in [1.54, 1.807) is 0 Å². The third-order valence-corrected chi connectivity index (χ3v) is 4.64. The van der Waals surface area contributed by atoms with Crippen LogP contribution in [0.15, 0.2) is 53.1 Å². The van der Waals surface area contributed by atoms with Crippen LogP contribution in [-0.4, -0.2) is 9.55 Å². The fourth-order valence-corrected chi connectivity index (χ4v) is 3.60. The normalized spacial score (nSPS) is 14.5. The molecule has 3 aromatic heterocycles. The summed E-state index contributed by atoms with van der Waals surface area (Å²) in [6.45, 7) is 0. The molecule has 5 rings (SSSR count). The summed E-state index contributed by atoms with van der Waals surface area (Å²) in [5.74, 6) is 2.06. The number of hydrogen-bond donors (Lipinski definition) is 0. The van der Waals surface area contributed by atoms with Crippen LogP contribution in [0.2, 0.25) is 0 Å². The summed E-state index contributed by atoms with van der Waals surface area (Å²) >= 11 is 0. The molecule has 0 unspecified atom stereocenters. The van der Waals surface area contributed by atoms with Gasteiger partial charge in [0.15, 0.2) is 0 Å². The predicted octanol–water partition coefficient (Wildman–Crippen LogP) is 4.65. The van der Waals surface area contributed by atoms with Gasteiger partial charge in [-0.3, -0.25) is 4.57 Å². The molecule has 0 fully saturated rings. The Labute approximate surface area is 128 Å². The second-order valence-corrected chi connectivity index (χ2v) is 5.97. The SMILES string of the molecule is c1ccc2c(c1)c1cccnc1n2-c1cc2c(o1)CCCC2. The van der Waals surface area contributed by atoms with Gasteiger partial charge < -0.3 is 4.42 Å². The Hall–Kier alpha value is -2.55. The van der Waals surface area contributed by atoms with E-state index >= 15 is 0 Å². The van der Waals surface area contributed by atoms with Gasteiger partial charge in [0.25, 0.3) is 0 Å². The molecule has 0 bridgehead atoms. The summed E-state index contributed by atoms with van der Waals surface area (Å²) < 4.78 is 8.35. The van der Waals surface area contributed by atoms with Gasteiger partial charge in [-0.25, -0.2) is 4.98 Å². The smallest absolute Gasteiger partial charge is 0.206 e. The molecule has 22 heavy (non-hydrogen) atoms. The lowest BCUT2D eigenvalue weighted by Gasteiger charge is -2.07. The van der Waals surface area contributed by atoms with E-state index < -0.39 is 0 Å². The summed E-state index contributed by atoms with van der Waals surface area (Å²) in [6, 6.07) is 14.8. The molecule has 0 radical (unpaired) electrons. The molecule has 3 nitrogen and oxygen atoms in total. The van der Waals surface area contributed by atoms with Gasteiger partial charge in [-0.2, -0.15) is 0 Å². The molecule has 3 heterocycles. The fraction of sp³-hybridized carbons (Fsp3) is 0.211. The molecule has 0 amide bonds. The Kier molecular flexibility index (Phi) is 2.45. The predicted molar refractivity (Wildman–Crippen MR) is 87.5 cm³/mol. The number of hydrogen-bond acceptors (Lipinski definition) is 2. The molecule has 3 heteroatoms. The minimum absolute atomic E-state index is 0.900. The first kappa shape index (κ1) is 12.0. The van der Waals surface area contributed by atoms with Gasteiger partial charge in [0.1, 0.15) is 11.4 Å². The monoisotopic (exact) mass is 288 g/mol. The van der Waals surface area contributed by atoms with Crippen molar-refractivity contribution in [3.63, 3.8) is 0 Å². The molecule has 1 aromatic carbocycles. The summed E-state index contributed by atoms with van der Waals surface area (Å²) in [7, 11) is 0. The molecule has 0 spiro atoms. The van der Waals surface area contributed by atoms with E-state index in [4.69, 9.17) is 4.42 Å². The van der Waals surface area contributed by atoms with Crippen molar-refractivity contribution >= 4 is 21.9 Å². The van der Waals surface area contributed by atoms with Gasteiger partial charge in [-0.05, 0) is 43.0 Å². The molecule has 0 saturated heterocycles. The van der Waals surface area contributed by atoms with Gasteiger partial charge in [-0.1, -0.05) is 18.2 Å². The van der Waals surface area contributed by atoms with Gasteiger partial charge in [-0.15, -0.1) is 0 Å². The zero-order valence-corrected chi connectivity index (χ0v) is 12.2. The maximum absolute atomic E-state index is 6.19.